The van der Waals surface area contributed by atoms with Crippen LogP contribution in [-0.4, -0.2) is 11.7 Å². The van der Waals surface area contributed by atoms with E-state index in [4.69, 9.17) is 11.6 Å². The highest BCUT2D eigenvalue weighted by Gasteiger charge is 2.20. The Morgan fingerprint density at radius 1 is 0.769 bits per heavy atom. The van der Waals surface area contributed by atoms with Crippen molar-refractivity contribution in [2.75, 3.05) is 0 Å². The Hall–Kier alpha value is -2.91. The molecule has 4 heteroatoms. The summed E-state index contributed by atoms with van der Waals surface area (Å²) >= 11 is 5.97. The zero-order valence-corrected chi connectivity index (χ0v) is 14.8. The van der Waals surface area contributed by atoms with Crippen LogP contribution in [0.3, 0.4) is 0 Å². The monoisotopic (exact) mass is 363 g/mol. The van der Waals surface area contributed by atoms with Gasteiger partial charge < -0.3 is 5.32 Å². The van der Waals surface area contributed by atoms with Gasteiger partial charge in [-0.3, -0.25) is 9.59 Å². The first-order valence-electron chi connectivity index (χ1n) is 8.33. The molecule has 0 aliphatic heterocycles. The van der Waals surface area contributed by atoms with E-state index in [1.165, 1.54) is 0 Å². The van der Waals surface area contributed by atoms with E-state index in [-0.39, 0.29) is 18.1 Å². The highest BCUT2D eigenvalue weighted by Crippen LogP contribution is 2.22. The molecule has 3 aromatic carbocycles. The summed E-state index contributed by atoms with van der Waals surface area (Å²) in [6.07, 6.45) is 0.171. The van der Waals surface area contributed by atoms with Gasteiger partial charge in [-0.1, -0.05) is 72.3 Å². The SMILES string of the molecule is O=C(C[C@H](NC(=O)c1ccccc1)c1ccc(Cl)cc1)c1ccccc1. The topological polar surface area (TPSA) is 46.2 Å². The maximum Gasteiger partial charge on any atom is 0.251 e. The number of rotatable bonds is 6. The first-order valence-corrected chi connectivity index (χ1v) is 8.71. The number of Topliss-reactive ketones (excluding diaryl/α,β-unsaturated/α-hetero) is 1. The Morgan fingerprint density at radius 3 is 1.88 bits per heavy atom. The maximum atomic E-state index is 12.6. The molecule has 0 saturated heterocycles. The fourth-order valence-corrected chi connectivity index (χ4v) is 2.83. The molecule has 0 saturated carbocycles. The van der Waals surface area contributed by atoms with Gasteiger partial charge in [0.2, 0.25) is 0 Å². The molecule has 3 nitrogen and oxygen atoms in total. The summed E-state index contributed by atoms with van der Waals surface area (Å²) in [7, 11) is 0. The minimum Gasteiger partial charge on any atom is -0.345 e. The van der Waals surface area contributed by atoms with Crippen molar-refractivity contribution in [2.45, 2.75) is 12.5 Å². The first-order chi connectivity index (χ1) is 12.6. The van der Waals surface area contributed by atoms with Gasteiger partial charge in [-0.25, -0.2) is 0 Å². The highest BCUT2D eigenvalue weighted by molar-refractivity contribution is 6.30. The summed E-state index contributed by atoms with van der Waals surface area (Å²) in [6, 6.07) is 24.8. The van der Waals surface area contributed by atoms with Gasteiger partial charge in [0.1, 0.15) is 0 Å². The third-order valence-corrected chi connectivity index (χ3v) is 4.35. The Labute approximate surface area is 157 Å². The molecule has 0 spiro atoms. The van der Waals surface area contributed by atoms with Gasteiger partial charge in [0.25, 0.3) is 5.91 Å². The number of carbonyl (C=O) groups is 2. The van der Waals surface area contributed by atoms with Crippen molar-refractivity contribution in [3.63, 3.8) is 0 Å². The van der Waals surface area contributed by atoms with E-state index in [1.54, 1.807) is 48.5 Å². The number of carbonyl (C=O) groups excluding carboxylic acids is 2. The van der Waals surface area contributed by atoms with Crippen molar-refractivity contribution in [1.29, 1.82) is 0 Å². The van der Waals surface area contributed by atoms with Crippen molar-refractivity contribution in [1.82, 2.24) is 5.32 Å². The highest BCUT2D eigenvalue weighted by atomic mass is 35.5. The van der Waals surface area contributed by atoms with Gasteiger partial charge in [0.05, 0.1) is 6.04 Å². The van der Waals surface area contributed by atoms with Gasteiger partial charge in [-0.05, 0) is 29.8 Å². The molecular formula is C22H18ClNO2. The van der Waals surface area contributed by atoms with Crippen LogP contribution in [0.15, 0.2) is 84.9 Å². The van der Waals surface area contributed by atoms with Crippen LogP contribution in [0.25, 0.3) is 0 Å². The molecule has 0 aromatic heterocycles. The van der Waals surface area contributed by atoms with E-state index in [1.807, 2.05) is 36.4 Å². The minimum absolute atomic E-state index is 0.0288. The summed E-state index contributed by atoms with van der Waals surface area (Å²) in [5.41, 5.74) is 2.02. The zero-order valence-electron chi connectivity index (χ0n) is 14.1. The van der Waals surface area contributed by atoms with Crippen LogP contribution in [0.1, 0.15) is 38.7 Å². The van der Waals surface area contributed by atoms with Crippen LogP contribution < -0.4 is 5.32 Å². The fraction of sp³-hybridized carbons (Fsp3) is 0.0909. The third-order valence-electron chi connectivity index (χ3n) is 4.10. The summed E-state index contributed by atoms with van der Waals surface area (Å²) in [5.74, 6) is -0.245. The number of hydrogen-bond donors (Lipinski definition) is 1. The van der Waals surface area contributed by atoms with Crippen LogP contribution in [-0.2, 0) is 0 Å². The van der Waals surface area contributed by atoms with Gasteiger partial charge in [0, 0.05) is 22.6 Å². The Balaban J connectivity index is 1.83. The van der Waals surface area contributed by atoms with Gasteiger partial charge >= 0.3 is 0 Å². The summed E-state index contributed by atoms with van der Waals surface area (Å²) in [6.45, 7) is 0. The standard InChI is InChI=1S/C22H18ClNO2/c23-19-13-11-16(12-14-19)20(15-21(25)17-7-3-1-4-8-17)24-22(26)18-9-5-2-6-10-18/h1-14,20H,15H2,(H,24,26)/t20-/m0/s1. The van der Waals surface area contributed by atoms with E-state index in [2.05, 4.69) is 5.32 Å². The molecule has 0 unspecified atom stereocenters. The second-order valence-electron chi connectivity index (χ2n) is 5.94. The lowest BCUT2D eigenvalue weighted by Crippen LogP contribution is -2.30. The van der Waals surface area contributed by atoms with Crippen LogP contribution in [0.4, 0.5) is 0 Å². The maximum absolute atomic E-state index is 12.6. The van der Waals surface area contributed by atoms with Crippen LogP contribution in [0.5, 0.6) is 0 Å². The molecule has 0 radical (unpaired) electrons. The van der Waals surface area contributed by atoms with Crippen molar-refractivity contribution in [2.24, 2.45) is 0 Å². The van der Waals surface area contributed by atoms with E-state index in [0.717, 1.165) is 5.56 Å². The van der Waals surface area contributed by atoms with E-state index in [0.29, 0.717) is 16.1 Å². The predicted octanol–water partition coefficient (Wildman–Crippen LogP) is 5.08. The van der Waals surface area contributed by atoms with Crippen molar-refractivity contribution in [3.05, 3.63) is 107 Å². The van der Waals surface area contributed by atoms with E-state index < -0.39 is 6.04 Å². The van der Waals surface area contributed by atoms with Crippen molar-refractivity contribution < 1.29 is 9.59 Å². The molecule has 1 atom stereocenters. The molecule has 1 N–H and O–H groups in total. The molecule has 0 fully saturated rings. The van der Waals surface area contributed by atoms with Gasteiger partial charge in [-0.15, -0.1) is 0 Å². The van der Waals surface area contributed by atoms with Gasteiger partial charge in [-0.2, -0.15) is 0 Å². The molecule has 0 aliphatic carbocycles. The average molecular weight is 364 g/mol. The molecule has 3 rings (SSSR count). The number of ketones is 1. The molecule has 26 heavy (non-hydrogen) atoms. The number of nitrogens with one attached hydrogen (secondary N) is 1. The number of halogens is 1. The number of hydrogen-bond acceptors (Lipinski definition) is 2. The second-order valence-corrected chi connectivity index (χ2v) is 6.37. The summed E-state index contributed by atoms with van der Waals surface area (Å²) in [5, 5.41) is 3.57. The smallest absolute Gasteiger partial charge is 0.251 e. The lowest BCUT2D eigenvalue weighted by molar-refractivity contribution is 0.0912. The fourth-order valence-electron chi connectivity index (χ4n) is 2.71. The molecule has 0 aliphatic rings. The molecule has 0 heterocycles. The number of benzene rings is 3. The Bertz CT molecular complexity index is 824. The molecule has 130 valence electrons. The average Bonchev–Trinajstić information content (AvgIpc) is 2.69. The predicted molar refractivity (Wildman–Crippen MR) is 103 cm³/mol. The molecular weight excluding hydrogens is 346 g/mol. The Morgan fingerprint density at radius 2 is 1.31 bits per heavy atom. The normalized spacial score (nSPS) is 11.6. The largest absolute Gasteiger partial charge is 0.345 e. The first kappa shape index (κ1) is 17.9. The number of amides is 1. The second kappa shape index (κ2) is 8.45. The van der Waals surface area contributed by atoms with Crippen LogP contribution >= 0.6 is 11.6 Å². The molecule has 1 amide bonds. The summed E-state index contributed by atoms with van der Waals surface area (Å²) in [4.78, 5) is 25.2. The summed E-state index contributed by atoms with van der Waals surface area (Å²) < 4.78 is 0. The van der Waals surface area contributed by atoms with Crippen LogP contribution in [0, 0.1) is 0 Å². The van der Waals surface area contributed by atoms with Gasteiger partial charge in [0.15, 0.2) is 5.78 Å². The van der Waals surface area contributed by atoms with Crippen molar-refractivity contribution in [3.8, 4) is 0 Å². The van der Waals surface area contributed by atoms with Crippen molar-refractivity contribution >= 4 is 23.3 Å². The lowest BCUT2D eigenvalue weighted by Gasteiger charge is -2.19. The molecule has 3 aromatic rings. The van der Waals surface area contributed by atoms with E-state index >= 15 is 0 Å². The van der Waals surface area contributed by atoms with E-state index in [9.17, 15) is 9.59 Å². The molecule has 0 bridgehead atoms. The Kier molecular flexibility index (Phi) is 5.82. The quantitative estimate of drug-likeness (QED) is 0.620. The third kappa shape index (κ3) is 4.58. The minimum atomic E-state index is -0.437. The van der Waals surface area contributed by atoms with Crippen LogP contribution in [0.2, 0.25) is 5.02 Å². The zero-order chi connectivity index (χ0) is 18.4. The lowest BCUT2D eigenvalue weighted by atomic mass is 9.97.